The van der Waals surface area contributed by atoms with Gasteiger partial charge in [0.25, 0.3) is 5.91 Å². The van der Waals surface area contributed by atoms with Crippen molar-refractivity contribution in [3.05, 3.63) is 102 Å². The number of aromatic nitrogens is 1. The number of aliphatic hydroxyl groups is 1. The average Bonchev–Trinajstić information content (AvgIpc) is 2.73. The van der Waals surface area contributed by atoms with Crippen LogP contribution in [0.4, 0.5) is 0 Å². The van der Waals surface area contributed by atoms with Crippen LogP contribution in [0, 0.1) is 0 Å². The molecule has 3 rings (SSSR count). The molecule has 5 nitrogen and oxygen atoms in total. The zero-order valence-electron chi connectivity index (χ0n) is 14.3. The van der Waals surface area contributed by atoms with Gasteiger partial charge in [-0.2, -0.15) is 5.10 Å². The van der Waals surface area contributed by atoms with E-state index in [4.69, 9.17) is 0 Å². The fraction of sp³-hybridized carbons (Fsp3) is 0.0952. The summed E-state index contributed by atoms with van der Waals surface area (Å²) in [5, 5.41) is 15.4. The quantitative estimate of drug-likeness (QED) is 0.551. The molecule has 0 atom stereocenters. The number of hydrogen-bond donors (Lipinski definition) is 2. The molecule has 0 saturated carbocycles. The van der Waals surface area contributed by atoms with Gasteiger partial charge in [0, 0.05) is 6.20 Å². The molecule has 0 spiro atoms. The fourth-order valence-corrected chi connectivity index (χ4v) is 2.64. The Balaban J connectivity index is 1.94. The summed E-state index contributed by atoms with van der Waals surface area (Å²) >= 11 is 0. The second kappa shape index (κ2) is 7.72. The topological polar surface area (TPSA) is 74.6 Å². The molecule has 5 heteroatoms. The average molecular weight is 345 g/mol. The summed E-state index contributed by atoms with van der Waals surface area (Å²) in [4.78, 5) is 17.1. The van der Waals surface area contributed by atoms with Crippen molar-refractivity contribution in [1.29, 1.82) is 0 Å². The molecular weight excluding hydrogens is 326 g/mol. The Morgan fingerprint density at radius 3 is 1.96 bits per heavy atom. The van der Waals surface area contributed by atoms with Gasteiger partial charge in [-0.25, -0.2) is 5.43 Å². The minimum atomic E-state index is -1.85. The van der Waals surface area contributed by atoms with E-state index in [0.29, 0.717) is 22.5 Å². The number of amides is 1. The second-order valence-corrected chi connectivity index (χ2v) is 5.80. The minimum absolute atomic E-state index is 0.467. The van der Waals surface area contributed by atoms with Crippen LogP contribution in [0.3, 0.4) is 0 Å². The highest BCUT2D eigenvalue weighted by Crippen LogP contribution is 2.29. The maximum atomic E-state index is 12.9. The van der Waals surface area contributed by atoms with Gasteiger partial charge in [0.1, 0.15) is 0 Å². The van der Waals surface area contributed by atoms with Crippen LogP contribution in [0.2, 0.25) is 0 Å². The van der Waals surface area contributed by atoms with Gasteiger partial charge < -0.3 is 5.11 Å². The van der Waals surface area contributed by atoms with Crippen LogP contribution in [-0.2, 0) is 10.4 Å². The van der Waals surface area contributed by atoms with E-state index in [-0.39, 0.29) is 0 Å². The Hall–Kier alpha value is -3.31. The standard InChI is InChI=1S/C21H19N3O2/c1-16(19-14-8-9-15-22-19)23-24-20(25)21(26,17-10-4-2-5-11-17)18-12-6-3-7-13-18/h2-15,26H,1H3,(H,24,25)/b23-16+. The lowest BCUT2D eigenvalue weighted by Gasteiger charge is -2.27. The zero-order chi connectivity index (χ0) is 18.4. The molecule has 26 heavy (non-hydrogen) atoms. The highest BCUT2D eigenvalue weighted by Gasteiger charge is 2.39. The van der Waals surface area contributed by atoms with Gasteiger partial charge in [-0.05, 0) is 30.2 Å². The van der Waals surface area contributed by atoms with Crippen molar-refractivity contribution >= 4 is 11.6 Å². The Morgan fingerprint density at radius 2 is 1.46 bits per heavy atom. The van der Waals surface area contributed by atoms with E-state index in [1.165, 1.54) is 0 Å². The number of nitrogens with one attached hydrogen (secondary N) is 1. The van der Waals surface area contributed by atoms with Crippen molar-refractivity contribution in [2.24, 2.45) is 5.10 Å². The SMILES string of the molecule is C/C(=N\NC(=O)C(O)(c1ccccc1)c1ccccc1)c1ccccn1. The third-order valence-electron chi connectivity index (χ3n) is 4.07. The van der Waals surface area contributed by atoms with Crippen molar-refractivity contribution in [3.8, 4) is 0 Å². The van der Waals surface area contributed by atoms with Crippen LogP contribution in [-0.4, -0.2) is 21.7 Å². The molecule has 3 aromatic rings. The molecule has 2 N–H and O–H groups in total. The third kappa shape index (κ3) is 3.53. The molecule has 0 aliphatic rings. The zero-order valence-corrected chi connectivity index (χ0v) is 14.3. The number of carbonyl (C=O) groups excluding carboxylic acids is 1. The van der Waals surface area contributed by atoms with Gasteiger partial charge in [0.2, 0.25) is 0 Å². The molecule has 0 saturated heterocycles. The van der Waals surface area contributed by atoms with E-state index in [0.717, 1.165) is 0 Å². The van der Waals surface area contributed by atoms with Gasteiger partial charge in [0.15, 0.2) is 5.60 Å². The van der Waals surface area contributed by atoms with Crippen LogP contribution < -0.4 is 5.43 Å². The van der Waals surface area contributed by atoms with Crippen LogP contribution in [0.5, 0.6) is 0 Å². The molecule has 0 bridgehead atoms. The monoisotopic (exact) mass is 345 g/mol. The van der Waals surface area contributed by atoms with Gasteiger partial charge in [-0.1, -0.05) is 66.7 Å². The first-order valence-corrected chi connectivity index (χ1v) is 8.22. The number of pyridine rings is 1. The summed E-state index contributed by atoms with van der Waals surface area (Å²) in [7, 11) is 0. The normalized spacial score (nSPS) is 11.8. The first-order valence-electron chi connectivity index (χ1n) is 8.22. The maximum absolute atomic E-state index is 12.9. The number of hydrazone groups is 1. The van der Waals surface area contributed by atoms with E-state index in [1.807, 2.05) is 18.2 Å². The Kier molecular flexibility index (Phi) is 5.20. The molecule has 0 unspecified atom stereocenters. The molecular formula is C21H19N3O2. The van der Waals surface area contributed by atoms with Crippen molar-refractivity contribution < 1.29 is 9.90 Å². The van der Waals surface area contributed by atoms with Crippen molar-refractivity contribution in [2.75, 3.05) is 0 Å². The van der Waals surface area contributed by atoms with E-state index in [1.54, 1.807) is 73.8 Å². The lowest BCUT2D eigenvalue weighted by molar-refractivity contribution is -0.136. The molecule has 1 amide bonds. The lowest BCUT2D eigenvalue weighted by atomic mass is 9.85. The molecule has 0 aliphatic carbocycles. The molecule has 0 aliphatic heterocycles. The summed E-state index contributed by atoms with van der Waals surface area (Å²) < 4.78 is 0. The Morgan fingerprint density at radius 1 is 0.923 bits per heavy atom. The highest BCUT2D eigenvalue weighted by molar-refractivity contribution is 5.98. The van der Waals surface area contributed by atoms with E-state index < -0.39 is 11.5 Å². The molecule has 1 heterocycles. The summed E-state index contributed by atoms with van der Waals surface area (Å²) in [6, 6.07) is 23.0. The Bertz CT molecular complexity index is 855. The predicted octanol–water partition coefficient (Wildman–Crippen LogP) is 2.86. The molecule has 2 aromatic carbocycles. The number of carbonyl (C=O) groups is 1. The number of benzene rings is 2. The van der Waals surface area contributed by atoms with Crippen LogP contribution >= 0.6 is 0 Å². The molecule has 1 aromatic heterocycles. The number of hydrogen-bond acceptors (Lipinski definition) is 4. The second-order valence-electron chi connectivity index (χ2n) is 5.80. The fourth-order valence-electron chi connectivity index (χ4n) is 2.64. The summed E-state index contributed by atoms with van der Waals surface area (Å²) in [5.74, 6) is -0.634. The maximum Gasteiger partial charge on any atom is 0.281 e. The van der Waals surface area contributed by atoms with Crippen LogP contribution in [0.25, 0.3) is 0 Å². The number of rotatable bonds is 5. The largest absolute Gasteiger partial charge is 0.372 e. The highest BCUT2D eigenvalue weighted by atomic mass is 16.3. The van der Waals surface area contributed by atoms with E-state index in [2.05, 4.69) is 15.5 Å². The van der Waals surface area contributed by atoms with Gasteiger partial charge >= 0.3 is 0 Å². The summed E-state index contributed by atoms with van der Waals surface area (Å²) in [6.45, 7) is 1.74. The first kappa shape index (κ1) is 17.5. The lowest BCUT2D eigenvalue weighted by Crippen LogP contribution is -2.43. The van der Waals surface area contributed by atoms with Crippen LogP contribution in [0.1, 0.15) is 23.7 Å². The van der Waals surface area contributed by atoms with Gasteiger partial charge in [-0.3, -0.25) is 9.78 Å². The predicted molar refractivity (Wildman–Crippen MR) is 100 cm³/mol. The van der Waals surface area contributed by atoms with Crippen molar-refractivity contribution in [2.45, 2.75) is 12.5 Å². The van der Waals surface area contributed by atoms with Gasteiger partial charge in [0.05, 0.1) is 11.4 Å². The van der Waals surface area contributed by atoms with Crippen molar-refractivity contribution in [3.63, 3.8) is 0 Å². The molecule has 0 fully saturated rings. The van der Waals surface area contributed by atoms with E-state index >= 15 is 0 Å². The molecule has 130 valence electrons. The molecule has 0 radical (unpaired) electrons. The summed E-state index contributed by atoms with van der Waals surface area (Å²) in [6.07, 6.45) is 1.65. The minimum Gasteiger partial charge on any atom is -0.372 e. The van der Waals surface area contributed by atoms with E-state index in [9.17, 15) is 9.90 Å². The van der Waals surface area contributed by atoms with Crippen LogP contribution in [0.15, 0.2) is 90.2 Å². The summed E-state index contributed by atoms with van der Waals surface area (Å²) in [5.41, 5.74) is 2.75. The number of nitrogens with zero attached hydrogens (tertiary/aromatic N) is 2. The first-order chi connectivity index (χ1) is 12.6. The Labute approximate surface area is 152 Å². The third-order valence-corrected chi connectivity index (χ3v) is 4.07. The smallest absolute Gasteiger partial charge is 0.281 e. The van der Waals surface area contributed by atoms with Crippen molar-refractivity contribution in [1.82, 2.24) is 10.4 Å². The van der Waals surface area contributed by atoms with Gasteiger partial charge in [-0.15, -0.1) is 0 Å².